The van der Waals surface area contributed by atoms with Crippen LogP contribution >= 0.6 is 0 Å². The smallest absolute Gasteiger partial charge is 0.408 e. The molecule has 0 aliphatic carbocycles. The Bertz CT molecular complexity index is 1690. The molecule has 2 aliphatic rings. The number of nitrogens with two attached hydrogens (primary N) is 2. The van der Waals surface area contributed by atoms with Crippen LogP contribution in [0.2, 0.25) is 0 Å². The van der Waals surface area contributed by atoms with Gasteiger partial charge in [0.15, 0.2) is 0 Å². The lowest BCUT2D eigenvalue weighted by Crippen LogP contribution is -2.47. The van der Waals surface area contributed by atoms with Crippen LogP contribution in [0.4, 0.5) is 4.79 Å². The van der Waals surface area contributed by atoms with Crippen molar-refractivity contribution in [3.8, 4) is 11.1 Å². The molecule has 2 fully saturated rings. The fourth-order valence-electron chi connectivity index (χ4n) is 5.91. The highest BCUT2D eigenvalue weighted by molar-refractivity contribution is 6.36. The first kappa shape index (κ1) is 52.2. The minimum atomic E-state index is -0.715. The molecule has 0 aromatic heterocycles. The maximum absolute atomic E-state index is 11.5. The van der Waals surface area contributed by atoms with Gasteiger partial charge >= 0.3 is 6.09 Å². The van der Waals surface area contributed by atoms with Crippen molar-refractivity contribution in [2.24, 2.45) is 17.4 Å². The molecule has 0 spiro atoms. The number of amides is 5. The van der Waals surface area contributed by atoms with Crippen LogP contribution in [0.25, 0.3) is 11.1 Å². The highest BCUT2D eigenvalue weighted by atomic mass is 16.5. The molecule has 0 saturated carbocycles. The first-order chi connectivity index (χ1) is 28.9. The molecule has 13 nitrogen and oxygen atoms in total. The number of primary amides is 2. The molecular weight excluding hydrogens is 763 g/mol. The molecule has 13 heteroatoms. The Morgan fingerprint density at radius 2 is 1.05 bits per heavy atom. The molecule has 7 N–H and O–H groups in total. The number of benzene rings is 3. The zero-order valence-corrected chi connectivity index (χ0v) is 36.0. The number of ether oxygens (including phenoxy) is 1. The molecule has 0 bridgehead atoms. The summed E-state index contributed by atoms with van der Waals surface area (Å²) in [4.78, 5) is 78.0. The lowest BCUT2D eigenvalue weighted by Gasteiger charge is -2.18. The largest absolute Gasteiger partial charge is 0.445 e. The van der Waals surface area contributed by atoms with Crippen LogP contribution in [0.3, 0.4) is 0 Å². The van der Waals surface area contributed by atoms with Gasteiger partial charge in [-0.15, -0.1) is 0 Å². The van der Waals surface area contributed by atoms with Crippen LogP contribution < -0.4 is 27.4 Å². The first-order valence-electron chi connectivity index (χ1n) is 21.2. The van der Waals surface area contributed by atoms with Crippen LogP contribution in [0, 0.1) is 5.92 Å². The van der Waals surface area contributed by atoms with E-state index < -0.39 is 29.9 Å². The highest BCUT2D eigenvalue weighted by Gasteiger charge is 2.22. The Morgan fingerprint density at radius 3 is 1.52 bits per heavy atom. The topological polar surface area (TPSA) is 217 Å². The van der Waals surface area contributed by atoms with E-state index in [1.54, 1.807) is 19.9 Å². The van der Waals surface area contributed by atoms with Crippen LogP contribution in [-0.2, 0) is 35.3 Å². The van der Waals surface area contributed by atoms with E-state index in [0.29, 0.717) is 31.5 Å². The van der Waals surface area contributed by atoms with E-state index in [2.05, 4.69) is 16.0 Å². The second-order valence-electron chi connectivity index (χ2n) is 14.4. The van der Waals surface area contributed by atoms with E-state index in [0.717, 1.165) is 68.1 Å². The van der Waals surface area contributed by atoms with E-state index >= 15 is 0 Å². The molecule has 3 aromatic rings. The third-order valence-corrected chi connectivity index (χ3v) is 9.23. The summed E-state index contributed by atoms with van der Waals surface area (Å²) in [6, 6.07) is 25.7. The Hall–Kier alpha value is -5.85. The van der Waals surface area contributed by atoms with Crippen molar-refractivity contribution in [2.45, 2.75) is 124 Å². The molecular formula is C47H67N5O8. The van der Waals surface area contributed by atoms with Crippen LogP contribution in [0.15, 0.2) is 84.9 Å². The van der Waals surface area contributed by atoms with Gasteiger partial charge in [-0.2, -0.15) is 0 Å². The number of ketones is 2. The molecule has 2 saturated heterocycles. The molecule has 60 heavy (non-hydrogen) atoms. The number of hydrogen-bond donors (Lipinski definition) is 5. The molecule has 5 amide bonds. The summed E-state index contributed by atoms with van der Waals surface area (Å²) in [5, 5.41) is 7.71. The normalized spacial score (nSPS) is 15.2. The van der Waals surface area contributed by atoms with E-state index in [-0.39, 0.29) is 30.0 Å². The molecule has 1 atom stereocenters. The number of rotatable bonds is 7. The lowest BCUT2D eigenvalue weighted by atomic mass is 9.99. The summed E-state index contributed by atoms with van der Waals surface area (Å²) < 4.78 is 5.00. The van der Waals surface area contributed by atoms with Crippen molar-refractivity contribution in [3.05, 3.63) is 96.1 Å². The summed E-state index contributed by atoms with van der Waals surface area (Å²) in [6.45, 7) is 9.07. The number of Topliss-reactive ketones (excluding diaryl/α,β-unsaturated/α-hetero) is 2. The number of alkyl carbamates (subject to hydrolysis) is 1. The predicted octanol–water partition coefficient (Wildman–Crippen LogP) is 7.34. The van der Waals surface area contributed by atoms with E-state index in [4.69, 9.17) is 16.2 Å². The van der Waals surface area contributed by atoms with Crippen LogP contribution in [0.5, 0.6) is 0 Å². The average molecular weight is 830 g/mol. The third kappa shape index (κ3) is 22.9. The van der Waals surface area contributed by atoms with Gasteiger partial charge in [0.2, 0.25) is 23.4 Å². The SMILES string of the molecule is CC.CC(C)C(NC(=O)OCc1ccccc1)C(N)=O.NC(=O)c1ccccc1-c1ccccc1.O=C1CCCCCCCCNC1=O.O=C1CCCCCCCNC1=O. The Labute approximate surface area is 356 Å². The van der Waals surface area contributed by atoms with E-state index in [1.165, 1.54) is 19.3 Å². The van der Waals surface area contributed by atoms with Crippen molar-refractivity contribution in [3.63, 3.8) is 0 Å². The molecule has 0 radical (unpaired) electrons. The summed E-state index contributed by atoms with van der Waals surface area (Å²) in [5.74, 6) is -2.32. The van der Waals surface area contributed by atoms with Crippen molar-refractivity contribution in [2.75, 3.05) is 13.1 Å². The number of hydrogen-bond acceptors (Lipinski definition) is 8. The van der Waals surface area contributed by atoms with E-state index in [1.807, 2.05) is 92.7 Å². The quantitative estimate of drug-likeness (QED) is 0.151. The Kier molecular flexibility index (Phi) is 27.9. The Morgan fingerprint density at radius 1 is 0.617 bits per heavy atom. The monoisotopic (exact) mass is 829 g/mol. The minimum Gasteiger partial charge on any atom is -0.445 e. The number of carbonyl (C=O) groups is 7. The molecule has 3 aromatic carbocycles. The summed E-state index contributed by atoms with van der Waals surface area (Å²) in [5.41, 5.74) is 13.8. The molecule has 5 rings (SSSR count). The fraction of sp³-hybridized carbons (Fsp3) is 0.468. The van der Waals surface area contributed by atoms with Crippen molar-refractivity contribution in [1.82, 2.24) is 16.0 Å². The maximum Gasteiger partial charge on any atom is 0.408 e. The van der Waals surface area contributed by atoms with Gasteiger partial charge in [0.1, 0.15) is 12.6 Å². The van der Waals surface area contributed by atoms with Crippen molar-refractivity contribution >= 4 is 41.3 Å². The summed E-state index contributed by atoms with van der Waals surface area (Å²) >= 11 is 0. The molecule has 2 aliphatic heterocycles. The second-order valence-corrected chi connectivity index (χ2v) is 14.4. The van der Waals surface area contributed by atoms with Gasteiger partial charge < -0.3 is 32.2 Å². The van der Waals surface area contributed by atoms with Crippen molar-refractivity contribution < 1.29 is 38.3 Å². The minimum absolute atomic E-state index is 0.0771. The number of nitrogens with one attached hydrogen (secondary N) is 3. The predicted molar refractivity (Wildman–Crippen MR) is 235 cm³/mol. The zero-order chi connectivity index (χ0) is 44.5. The van der Waals surface area contributed by atoms with E-state index in [9.17, 15) is 33.6 Å². The third-order valence-electron chi connectivity index (χ3n) is 9.23. The lowest BCUT2D eigenvalue weighted by molar-refractivity contribution is -0.138. The summed E-state index contributed by atoms with van der Waals surface area (Å²) in [6.07, 6.45) is 12.0. The van der Waals surface area contributed by atoms with Gasteiger partial charge in [0.05, 0.1) is 0 Å². The first-order valence-corrected chi connectivity index (χ1v) is 21.2. The van der Waals surface area contributed by atoms with Gasteiger partial charge in [0.25, 0.3) is 11.8 Å². The molecule has 2 heterocycles. The number of carbonyl (C=O) groups excluding carboxylic acids is 7. The van der Waals surface area contributed by atoms with Gasteiger partial charge in [-0.05, 0) is 54.4 Å². The maximum atomic E-state index is 11.5. The highest BCUT2D eigenvalue weighted by Crippen LogP contribution is 2.22. The molecule has 328 valence electrons. The van der Waals surface area contributed by atoms with Crippen molar-refractivity contribution in [1.29, 1.82) is 0 Å². The van der Waals surface area contributed by atoms with Gasteiger partial charge in [-0.25, -0.2) is 4.79 Å². The fourth-order valence-corrected chi connectivity index (χ4v) is 5.91. The van der Waals surface area contributed by atoms with Gasteiger partial charge in [-0.1, -0.05) is 152 Å². The van der Waals surface area contributed by atoms with Crippen LogP contribution in [-0.4, -0.2) is 60.4 Å². The van der Waals surface area contributed by atoms with Gasteiger partial charge in [0, 0.05) is 31.5 Å². The Balaban J connectivity index is 0.000000398. The summed E-state index contributed by atoms with van der Waals surface area (Å²) in [7, 11) is 0. The molecule has 1 unspecified atom stereocenters. The van der Waals surface area contributed by atoms with Crippen LogP contribution in [0.1, 0.15) is 127 Å². The standard InChI is InChI=1S/C13H18N2O3.C13H11NO.C10H17NO2.C9H15NO2.C2H6/c1-9(2)11(12(14)16)15-13(17)18-8-10-6-4-3-5-7-10;14-13(15)12-9-5-4-8-11(12)10-6-2-1-3-7-10;12-9-7-5-3-1-2-4-6-8-11-10(9)13;11-8-6-4-2-1-3-5-7-10-9(8)12;1-2/h3-7,9,11H,8H2,1-2H3,(H2,14,16)(H,15,17);1-9H,(H2,14,15);1-8H2,(H,11,13);1-7H2,(H,10,12);1-2H3. The van der Waals surface area contributed by atoms with Gasteiger partial charge in [-0.3, -0.25) is 28.8 Å². The zero-order valence-electron chi connectivity index (χ0n) is 36.0. The average Bonchev–Trinajstić information content (AvgIpc) is 3.30. The second kappa shape index (κ2) is 32.1.